The van der Waals surface area contributed by atoms with Crippen molar-refractivity contribution in [1.29, 1.82) is 0 Å². The van der Waals surface area contributed by atoms with Gasteiger partial charge in [-0.2, -0.15) is 11.8 Å². The number of rotatable bonds is 8. The normalized spacial score (nSPS) is 12.5. The Morgan fingerprint density at radius 3 is 2.86 bits per heavy atom. The first-order chi connectivity index (χ1) is 10.2. The number of nitrogens with zero attached hydrogens (tertiary/aromatic N) is 2. The van der Waals surface area contributed by atoms with Gasteiger partial charge < -0.3 is 4.57 Å². The van der Waals surface area contributed by atoms with Crippen molar-refractivity contribution in [3.8, 4) is 0 Å². The number of imidazole rings is 1. The lowest BCUT2D eigenvalue weighted by atomic mass is 10.1. The van der Waals surface area contributed by atoms with Gasteiger partial charge in [-0.25, -0.2) is 4.98 Å². The predicted octanol–water partition coefficient (Wildman–Crippen LogP) is 5.85. The summed E-state index contributed by atoms with van der Waals surface area (Å²) in [6.45, 7) is 3.17. The number of thioether (sulfide) groups is 1. The van der Waals surface area contributed by atoms with Crippen molar-refractivity contribution in [2.75, 3.05) is 5.75 Å². The zero-order chi connectivity index (χ0) is 15.1. The molecule has 0 aliphatic heterocycles. The third-order valence-corrected chi connectivity index (χ3v) is 5.31. The molecule has 0 aliphatic rings. The summed E-state index contributed by atoms with van der Waals surface area (Å²) >= 11 is 14.4. The summed E-state index contributed by atoms with van der Waals surface area (Å²) in [4.78, 5) is 4.09. The Morgan fingerprint density at radius 2 is 2.19 bits per heavy atom. The lowest BCUT2D eigenvalue weighted by Crippen LogP contribution is -2.03. The fourth-order valence-corrected chi connectivity index (χ4v) is 4.15. The molecule has 1 atom stereocenters. The molecule has 1 unspecified atom stereocenters. The van der Waals surface area contributed by atoms with Gasteiger partial charge in [0.1, 0.15) is 0 Å². The maximum Gasteiger partial charge on any atom is 0.0945 e. The first-order valence-electron chi connectivity index (χ1n) is 7.23. The fourth-order valence-electron chi connectivity index (χ4n) is 2.15. The summed E-state index contributed by atoms with van der Waals surface area (Å²) < 4.78 is 2.11. The second kappa shape index (κ2) is 8.72. The van der Waals surface area contributed by atoms with Crippen LogP contribution in [0.1, 0.15) is 37.0 Å². The van der Waals surface area contributed by atoms with Crippen molar-refractivity contribution in [2.24, 2.45) is 0 Å². The highest BCUT2D eigenvalue weighted by atomic mass is 35.5. The zero-order valence-electron chi connectivity index (χ0n) is 12.1. The molecule has 0 bridgehead atoms. The minimum atomic E-state index is 0.392. The lowest BCUT2D eigenvalue weighted by Gasteiger charge is -2.19. The molecule has 5 heteroatoms. The van der Waals surface area contributed by atoms with E-state index in [-0.39, 0.29) is 0 Å². The van der Waals surface area contributed by atoms with Crippen molar-refractivity contribution in [3.63, 3.8) is 0 Å². The number of unbranched alkanes of at least 4 members (excludes halogenated alkanes) is 1. The molecule has 0 saturated heterocycles. The molecule has 1 heterocycles. The monoisotopic (exact) mass is 342 g/mol. The van der Waals surface area contributed by atoms with Gasteiger partial charge >= 0.3 is 0 Å². The van der Waals surface area contributed by atoms with Crippen molar-refractivity contribution >= 4 is 35.0 Å². The number of halogens is 2. The van der Waals surface area contributed by atoms with Crippen LogP contribution in [-0.4, -0.2) is 15.3 Å². The average Bonchev–Trinajstić information content (AvgIpc) is 2.97. The Balaban J connectivity index is 2.06. The standard InChI is InChI=1S/C16H20Cl2N2S/c1-2-3-10-21-16(6-8-20-9-7-19-12-20)14-5-4-13(17)11-15(14)18/h4-5,7,9,11-12,16H,2-3,6,8,10H2,1H3. The summed E-state index contributed by atoms with van der Waals surface area (Å²) in [5.41, 5.74) is 1.18. The van der Waals surface area contributed by atoms with Crippen LogP contribution in [0.3, 0.4) is 0 Å². The van der Waals surface area contributed by atoms with Crippen LogP contribution in [0.5, 0.6) is 0 Å². The van der Waals surface area contributed by atoms with Crippen LogP contribution in [0.25, 0.3) is 0 Å². The van der Waals surface area contributed by atoms with E-state index in [0.717, 1.165) is 23.7 Å². The molecular weight excluding hydrogens is 323 g/mol. The van der Waals surface area contributed by atoms with Crippen molar-refractivity contribution in [1.82, 2.24) is 9.55 Å². The van der Waals surface area contributed by atoms with Crippen LogP contribution >= 0.6 is 35.0 Å². The molecule has 0 N–H and O–H groups in total. The highest BCUT2D eigenvalue weighted by molar-refractivity contribution is 7.99. The zero-order valence-corrected chi connectivity index (χ0v) is 14.5. The van der Waals surface area contributed by atoms with E-state index in [4.69, 9.17) is 23.2 Å². The van der Waals surface area contributed by atoms with Gasteiger partial charge in [0, 0.05) is 34.2 Å². The van der Waals surface area contributed by atoms with E-state index in [9.17, 15) is 0 Å². The van der Waals surface area contributed by atoms with E-state index >= 15 is 0 Å². The first-order valence-corrected chi connectivity index (χ1v) is 9.03. The Morgan fingerprint density at radius 1 is 1.33 bits per heavy atom. The van der Waals surface area contributed by atoms with Crippen LogP contribution < -0.4 is 0 Å². The number of benzene rings is 1. The van der Waals surface area contributed by atoms with E-state index < -0.39 is 0 Å². The van der Waals surface area contributed by atoms with Crippen molar-refractivity contribution in [2.45, 2.75) is 38.0 Å². The Labute approximate surface area is 140 Å². The molecule has 1 aromatic heterocycles. The third-order valence-electron chi connectivity index (χ3n) is 3.33. The quantitative estimate of drug-likeness (QED) is 0.559. The average molecular weight is 343 g/mol. The molecule has 1 aromatic carbocycles. The van der Waals surface area contributed by atoms with Gasteiger partial charge in [0.2, 0.25) is 0 Å². The van der Waals surface area contributed by atoms with E-state index in [2.05, 4.69) is 22.5 Å². The van der Waals surface area contributed by atoms with Gasteiger partial charge in [0.15, 0.2) is 0 Å². The Hall–Kier alpha value is -0.640. The van der Waals surface area contributed by atoms with Crippen LogP contribution in [-0.2, 0) is 6.54 Å². The summed E-state index contributed by atoms with van der Waals surface area (Å²) in [7, 11) is 0. The minimum absolute atomic E-state index is 0.392. The number of hydrogen-bond acceptors (Lipinski definition) is 2. The SMILES string of the molecule is CCCCSC(CCn1ccnc1)c1ccc(Cl)cc1Cl. The predicted molar refractivity (Wildman–Crippen MR) is 93.4 cm³/mol. The fraction of sp³-hybridized carbons (Fsp3) is 0.438. The first kappa shape index (κ1) is 16.7. The summed E-state index contributed by atoms with van der Waals surface area (Å²) in [6.07, 6.45) is 9.15. The minimum Gasteiger partial charge on any atom is -0.337 e. The lowest BCUT2D eigenvalue weighted by molar-refractivity contribution is 0.634. The molecule has 2 aromatic rings. The van der Waals surface area contributed by atoms with Crippen LogP contribution in [0.2, 0.25) is 10.0 Å². The molecule has 0 fully saturated rings. The number of hydrogen-bond donors (Lipinski definition) is 0. The van der Waals surface area contributed by atoms with E-state index in [1.807, 2.05) is 42.6 Å². The van der Waals surface area contributed by atoms with Crippen molar-refractivity contribution < 1.29 is 0 Å². The molecular formula is C16H20Cl2N2S. The highest BCUT2D eigenvalue weighted by Crippen LogP contribution is 2.38. The molecule has 2 rings (SSSR count). The highest BCUT2D eigenvalue weighted by Gasteiger charge is 2.15. The molecule has 21 heavy (non-hydrogen) atoms. The summed E-state index contributed by atoms with van der Waals surface area (Å²) in [6, 6.07) is 5.82. The second-order valence-corrected chi connectivity index (χ2v) is 7.12. The van der Waals surface area contributed by atoms with E-state index in [1.54, 1.807) is 0 Å². The van der Waals surface area contributed by atoms with E-state index in [0.29, 0.717) is 10.3 Å². The number of aryl methyl sites for hydroxylation is 1. The van der Waals surface area contributed by atoms with Gasteiger partial charge in [-0.1, -0.05) is 42.6 Å². The largest absolute Gasteiger partial charge is 0.337 e. The third kappa shape index (κ3) is 5.24. The number of aromatic nitrogens is 2. The molecule has 2 nitrogen and oxygen atoms in total. The molecule has 0 aliphatic carbocycles. The van der Waals surface area contributed by atoms with Gasteiger partial charge in [0.05, 0.1) is 6.33 Å². The Bertz CT molecular complexity index is 543. The Kier molecular flexibility index (Phi) is 6.94. The summed E-state index contributed by atoms with van der Waals surface area (Å²) in [5, 5.41) is 1.85. The second-order valence-electron chi connectivity index (χ2n) is 4.97. The molecule has 0 amide bonds. The molecule has 0 radical (unpaired) electrons. The van der Waals surface area contributed by atoms with Crippen LogP contribution in [0.15, 0.2) is 36.9 Å². The van der Waals surface area contributed by atoms with Crippen molar-refractivity contribution in [3.05, 3.63) is 52.5 Å². The van der Waals surface area contributed by atoms with Crippen LogP contribution in [0, 0.1) is 0 Å². The topological polar surface area (TPSA) is 17.8 Å². The summed E-state index contributed by atoms with van der Waals surface area (Å²) in [5.74, 6) is 1.16. The van der Waals surface area contributed by atoms with Gasteiger partial charge in [-0.05, 0) is 36.3 Å². The van der Waals surface area contributed by atoms with Gasteiger partial charge in [-0.3, -0.25) is 0 Å². The smallest absolute Gasteiger partial charge is 0.0945 e. The maximum atomic E-state index is 6.38. The maximum absolute atomic E-state index is 6.38. The molecule has 114 valence electrons. The van der Waals surface area contributed by atoms with Gasteiger partial charge in [-0.15, -0.1) is 0 Å². The molecule has 0 saturated carbocycles. The van der Waals surface area contributed by atoms with E-state index in [1.165, 1.54) is 18.4 Å². The van der Waals surface area contributed by atoms with Crippen LogP contribution in [0.4, 0.5) is 0 Å². The molecule has 0 spiro atoms. The van der Waals surface area contributed by atoms with Gasteiger partial charge in [0.25, 0.3) is 0 Å².